The molecule has 4 heteroatoms. The molecule has 0 bridgehead atoms. The summed E-state index contributed by atoms with van der Waals surface area (Å²) in [4.78, 5) is 4.40. The quantitative estimate of drug-likeness (QED) is 0.916. The first-order valence-electron chi connectivity index (χ1n) is 6.92. The number of methoxy groups -OCH3 is 1. The molecule has 0 saturated carbocycles. The zero-order chi connectivity index (χ0) is 15.4. The van der Waals surface area contributed by atoms with E-state index in [1.807, 2.05) is 38.1 Å². The highest BCUT2D eigenvalue weighted by Gasteiger charge is 2.10. The van der Waals surface area contributed by atoms with E-state index in [0.717, 1.165) is 33.9 Å². The largest absolute Gasteiger partial charge is 0.496 e. The van der Waals surface area contributed by atoms with Gasteiger partial charge in [0, 0.05) is 17.3 Å². The number of nitrogens with zero attached hydrogens (tertiary/aromatic N) is 1. The number of aromatic nitrogens is 1. The Hall–Kier alpha value is -2.07. The lowest BCUT2D eigenvalue weighted by atomic mass is 10.1. The van der Waals surface area contributed by atoms with Gasteiger partial charge in [0.1, 0.15) is 18.1 Å². The Balaban J connectivity index is 2.09. The van der Waals surface area contributed by atoms with E-state index in [1.165, 1.54) is 0 Å². The summed E-state index contributed by atoms with van der Waals surface area (Å²) in [5.74, 6) is 1.60. The topological polar surface area (TPSA) is 51.6 Å². The molecule has 0 fully saturated rings. The molecule has 0 saturated heterocycles. The molecule has 1 aromatic heterocycles. The number of benzene rings is 1. The second kappa shape index (κ2) is 6.59. The van der Waals surface area contributed by atoms with Crippen molar-refractivity contribution in [3.63, 3.8) is 0 Å². The van der Waals surface area contributed by atoms with Gasteiger partial charge in [0.05, 0.1) is 18.9 Å². The summed E-state index contributed by atoms with van der Waals surface area (Å²) in [5, 5.41) is 9.48. The first-order valence-corrected chi connectivity index (χ1v) is 6.92. The van der Waals surface area contributed by atoms with Gasteiger partial charge in [-0.15, -0.1) is 0 Å². The predicted molar refractivity (Wildman–Crippen MR) is 81.7 cm³/mol. The van der Waals surface area contributed by atoms with Crippen molar-refractivity contribution in [3.8, 4) is 11.5 Å². The molecular formula is C17H21NO3. The van der Waals surface area contributed by atoms with Crippen LogP contribution in [0, 0.1) is 13.8 Å². The van der Waals surface area contributed by atoms with Crippen LogP contribution in [0.5, 0.6) is 11.5 Å². The maximum Gasteiger partial charge on any atom is 0.131 e. The molecule has 0 amide bonds. The molecule has 2 rings (SSSR count). The zero-order valence-corrected chi connectivity index (χ0v) is 12.9. The fourth-order valence-corrected chi connectivity index (χ4v) is 2.21. The summed E-state index contributed by atoms with van der Waals surface area (Å²) < 4.78 is 11.1. The van der Waals surface area contributed by atoms with E-state index in [2.05, 4.69) is 4.98 Å². The van der Waals surface area contributed by atoms with E-state index in [0.29, 0.717) is 6.61 Å². The van der Waals surface area contributed by atoms with E-state index in [-0.39, 0.29) is 0 Å². The molecule has 21 heavy (non-hydrogen) atoms. The van der Waals surface area contributed by atoms with Gasteiger partial charge in [0.25, 0.3) is 0 Å². The van der Waals surface area contributed by atoms with E-state index >= 15 is 0 Å². The number of hydrogen-bond donors (Lipinski definition) is 1. The summed E-state index contributed by atoms with van der Waals surface area (Å²) in [6.45, 7) is 6.07. The van der Waals surface area contributed by atoms with Gasteiger partial charge in [-0.05, 0) is 38.5 Å². The van der Waals surface area contributed by atoms with E-state index in [1.54, 1.807) is 20.2 Å². The van der Waals surface area contributed by atoms with Crippen LogP contribution in [0.2, 0.25) is 0 Å². The van der Waals surface area contributed by atoms with Crippen molar-refractivity contribution in [2.75, 3.05) is 7.11 Å². The van der Waals surface area contributed by atoms with Crippen LogP contribution < -0.4 is 9.47 Å². The van der Waals surface area contributed by atoms with Crippen molar-refractivity contribution in [2.24, 2.45) is 0 Å². The third kappa shape index (κ3) is 3.52. The zero-order valence-electron chi connectivity index (χ0n) is 12.9. The first-order chi connectivity index (χ1) is 10.0. The minimum absolute atomic E-state index is 0.385. The number of rotatable bonds is 5. The Labute approximate surface area is 125 Å². The molecule has 112 valence electrons. The lowest BCUT2D eigenvalue weighted by molar-refractivity contribution is 0.199. The summed E-state index contributed by atoms with van der Waals surface area (Å²) in [7, 11) is 1.66. The lowest BCUT2D eigenvalue weighted by Crippen LogP contribution is -2.04. The molecule has 0 unspecified atom stereocenters. The lowest BCUT2D eigenvalue weighted by Gasteiger charge is -2.13. The molecule has 0 aliphatic heterocycles. The molecule has 0 aliphatic carbocycles. The van der Waals surface area contributed by atoms with Crippen LogP contribution in [-0.2, 0) is 6.61 Å². The SMILES string of the molecule is COc1c(C)cnc(COc2ccc([C@H](C)O)cc2)c1C. The monoisotopic (exact) mass is 287 g/mol. The standard InChI is InChI=1S/C17H21NO3/c1-11-9-18-16(12(2)17(11)20-4)10-21-15-7-5-14(6-8-15)13(3)19/h5-9,13,19H,10H2,1-4H3/t13-/m0/s1. The fraction of sp³-hybridized carbons (Fsp3) is 0.353. The highest BCUT2D eigenvalue weighted by molar-refractivity contribution is 5.41. The van der Waals surface area contributed by atoms with Gasteiger partial charge in [0.15, 0.2) is 0 Å². The van der Waals surface area contributed by atoms with Gasteiger partial charge in [0.2, 0.25) is 0 Å². The van der Waals surface area contributed by atoms with Crippen molar-refractivity contribution in [1.82, 2.24) is 4.98 Å². The van der Waals surface area contributed by atoms with Crippen LogP contribution in [0.15, 0.2) is 30.5 Å². The average molecular weight is 287 g/mol. The maximum absolute atomic E-state index is 9.48. The van der Waals surface area contributed by atoms with Gasteiger partial charge in [-0.3, -0.25) is 4.98 Å². The van der Waals surface area contributed by atoms with Gasteiger partial charge >= 0.3 is 0 Å². The van der Waals surface area contributed by atoms with Crippen LogP contribution in [0.1, 0.15) is 35.4 Å². The van der Waals surface area contributed by atoms with E-state index < -0.39 is 6.10 Å². The van der Waals surface area contributed by atoms with Crippen LogP contribution in [-0.4, -0.2) is 17.2 Å². The van der Waals surface area contributed by atoms with E-state index in [4.69, 9.17) is 9.47 Å². The number of ether oxygens (including phenoxy) is 2. The first kappa shape index (κ1) is 15.3. The highest BCUT2D eigenvalue weighted by Crippen LogP contribution is 2.25. The molecule has 0 spiro atoms. The van der Waals surface area contributed by atoms with Gasteiger partial charge in [-0.25, -0.2) is 0 Å². The Bertz CT molecular complexity index is 606. The smallest absolute Gasteiger partial charge is 0.131 e. The highest BCUT2D eigenvalue weighted by atomic mass is 16.5. The van der Waals surface area contributed by atoms with Crippen LogP contribution in [0.4, 0.5) is 0 Å². The molecule has 1 N–H and O–H groups in total. The van der Waals surface area contributed by atoms with Crippen LogP contribution >= 0.6 is 0 Å². The molecule has 0 aliphatic rings. The molecule has 0 radical (unpaired) electrons. The minimum Gasteiger partial charge on any atom is -0.496 e. The number of aliphatic hydroxyl groups excluding tert-OH is 1. The minimum atomic E-state index is -0.468. The Morgan fingerprint density at radius 1 is 1.19 bits per heavy atom. The van der Waals surface area contributed by atoms with Crippen molar-refractivity contribution in [2.45, 2.75) is 33.5 Å². The second-order valence-corrected chi connectivity index (χ2v) is 5.08. The summed E-state index contributed by atoms with van der Waals surface area (Å²) >= 11 is 0. The van der Waals surface area contributed by atoms with Crippen molar-refractivity contribution < 1.29 is 14.6 Å². The summed E-state index contributed by atoms with van der Waals surface area (Å²) in [5.41, 5.74) is 3.74. The Kier molecular flexibility index (Phi) is 4.81. The van der Waals surface area contributed by atoms with E-state index in [9.17, 15) is 5.11 Å². The van der Waals surface area contributed by atoms with Gasteiger partial charge in [-0.2, -0.15) is 0 Å². The normalized spacial score (nSPS) is 12.0. The Morgan fingerprint density at radius 2 is 1.86 bits per heavy atom. The van der Waals surface area contributed by atoms with Crippen molar-refractivity contribution >= 4 is 0 Å². The molecule has 2 aromatic rings. The van der Waals surface area contributed by atoms with Gasteiger partial charge < -0.3 is 14.6 Å². The fourth-order valence-electron chi connectivity index (χ4n) is 2.21. The van der Waals surface area contributed by atoms with Crippen molar-refractivity contribution in [1.29, 1.82) is 0 Å². The molecule has 1 atom stereocenters. The summed E-state index contributed by atoms with van der Waals surface area (Å²) in [6.07, 6.45) is 1.32. The maximum atomic E-state index is 9.48. The van der Waals surface area contributed by atoms with Crippen LogP contribution in [0.25, 0.3) is 0 Å². The Morgan fingerprint density at radius 3 is 2.43 bits per heavy atom. The summed E-state index contributed by atoms with van der Waals surface area (Å²) in [6, 6.07) is 7.41. The number of hydrogen-bond acceptors (Lipinski definition) is 4. The van der Waals surface area contributed by atoms with Crippen molar-refractivity contribution in [3.05, 3.63) is 52.8 Å². The van der Waals surface area contributed by atoms with Crippen LogP contribution in [0.3, 0.4) is 0 Å². The second-order valence-electron chi connectivity index (χ2n) is 5.08. The average Bonchev–Trinajstić information content (AvgIpc) is 2.47. The third-order valence-corrected chi connectivity index (χ3v) is 3.49. The predicted octanol–water partition coefficient (Wildman–Crippen LogP) is 3.34. The van der Waals surface area contributed by atoms with Gasteiger partial charge in [-0.1, -0.05) is 12.1 Å². The molecule has 4 nitrogen and oxygen atoms in total. The molecule has 1 heterocycles. The number of pyridine rings is 1. The number of aliphatic hydroxyl groups is 1. The molecular weight excluding hydrogens is 266 g/mol. The third-order valence-electron chi connectivity index (χ3n) is 3.49. The molecule has 1 aromatic carbocycles. The number of aryl methyl sites for hydroxylation is 1.